The van der Waals surface area contributed by atoms with E-state index in [1.54, 1.807) is 18.0 Å². The molecule has 0 spiro atoms. The van der Waals surface area contributed by atoms with Crippen molar-refractivity contribution in [1.29, 1.82) is 0 Å². The van der Waals surface area contributed by atoms with Gasteiger partial charge in [-0.1, -0.05) is 0 Å². The number of hydrogen-bond acceptors (Lipinski definition) is 3. The van der Waals surface area contributed by atoms with Crippen LogP contribution in [0.2, 0.25) is 0 Å². The first-order valence-corrected chi connectivity index (χ1v) is 6.02. The Morgan fingerprint density at radius 1 is 1.62 bits per heavy atom. The number of ether oxygens (including phenoxy) is 1. The number of furan rings is 1. The van der Waals surface area contributed by atoms with E-state index < -0.39 is 0 Å². The number of halogens is 1. The standard InChI is InChI=1S/C11H14BrNO3/c1-7-9(4-6-15-7)13(2)11(14)8-3-5-16-10(8)12/h3,5,7,9H,4,6H2,1-2H3. The fourth-order valence-corrected chi connectivity index (χ4v) is 2.43. The number of carbonyl (C=O) groups excluding carboxylic acids is 1. The molecule has 1 amide bonds. The highest BCUT2D eigenvalue weighted by molar-refractivity contribution is 9.10. The number of nitrogens with zero attached hydrogens (tertiary/aromatic N) is 1. The lowest BCUT2D eigenvalue weighted by Gasteiger charge is -2.26. The van der Waals surface area contributed by atoms with Crippen LogP contribution in [0, 0.1) is 0 Å². The van der Waals surface area contributed by atoms with Crippen molar-refractivity contribution < 1.29 is 13.9 Å². The van der Waals surface area contributed by atoms with Crippen LogP contribution >= 0.6 is 15.9 Å². The number of hydrogen-bond donors (Lipinski definition) is 0. The van der Waals surface area contributed by atoms with Gasteiger partial charge in [0.25, 0.3) is 5.91 Å². The highest BCUT2D eigenvalue weighted by atomic mass is 79.9. The minimum absolute atomic E-state index is 0.0389. The Bertz CT molecular complexity index is 390. The summed E-state index contributed by atoms with van der Waals surface area (Å²) >= 11 is 3.21. The zero-order valence-electron chi connectivity index (χ0n) is 9.27. The monoisotopic (exact) mass is 287 g/mol. The van der Waals surface area contributed by atoms with Gasteiger partial charge in [0.1, 0.15) is 0 Å². The lowest BCUT2D eigenvalue weighted by molar-refractivity contribution is 0.0573. The molecule has 4 nitrogen and oxygen atoms in total. The summed E-state index contributed by atoms with van der Waals surface area (Å²) in [5.74, 6) is -0.0389. The van der Waals surface area contributed by atoms with Crippen LogP contribution in [0.1, 0.15) is 23.7 Å². The number of rotatable bonds is 2. The molecule has 0 saturated carbocycles. The maximum Gasteiger partial charge on any atom is 0.258 e. The van der Waals surface area contributed by atoms with Crippen molar-refractivity contribution in [3.8, 4) is 0 Å². The quantitative estimate of drug-likeness (QED) is 0.838. The number of likely N-dealkylation sites (N-methyl/N-ethyl adjacent to an activating group) is 1. The topological polar surface area (TPSA) is 42.7 Å². The first-order chi connectivity index (χ1) is 7.61. The molecule has 2 rings (SSSR count). The van der Waals surface area contributed by atoms with Crippen LogP contribution in [0.4, 0.5) is 0 Å². The van der Waals surface area contributed by atoms with E-state index in [2.05, 4.69) is 15.9 Å². The van der Waals surface area contributed by atoms with Gasteiger partial charge in [0, 0.05) is 13.7 Å². The molecule has 88 valence electrons. The van der Waals surface area contributed by atoms with E-state index in [0.29, 0.717) is 10.2 Å². The molecular weight excluding hydrogens is 274 g/mol. The SMILES string of the molecule is CC1OCCC1N(C)C(=O)c1ccoc1Br. The highest BCUT2D eigenvalue weighted by Crippen LogP contribution is 2.23. The van der Waals surface area contributed by atoms with Crippen molar-refractivity contribution >= 4 is 21.8 Å². The summed E-state index contributed by atoms with van der Waals surface area (Å²) in [4.78, 5) is 13.9. The van der Waals surface area contributed by atoms with Crippen LogP contribution < -0.4 is 0 Å². The molecule has 2 heterocycles. The minimum Gasteiger partial charge on any atom is -0.457 e. The zero-order valence-corrected chi connectivity index (χ0v) is 10.9. The van der Waals surface area contributed by atoms with Gasteiger partial charge >= 0.3 is 0 Å². The Balaban J connectivity index is 2.13. The third kappa shape index (κ3) is 2.01. The molecule has 1 aliphatic rings. The first kappa shape index (κ1) is 11.7. The smallest absolute Gasteiger partial charge is 0.258 e. The Kier molecular flexibility index (Phi) is 3.35. The van der Waals surface area contributed by atoms with Gasteiger partial charge in [-0.25, -0.2) is 0 Å². The van der Waals surface area contributed by atoms with E-state index in [-0.39, 0.29) is 18.1 Å². The molecule has 0 aliphatic carbocycles. The lowest BCUT2D eigenvalue weighted by Crippen LogP contribution is -2.40. The molecule has 0 N–H and O–H groups in total. The first-order valence-electron chi connectivity index (χ1n) is 5.23. The zero-order chi connectivity index (χ0) is 11.7. The molecule has 1 aromatic heterocycles. The number of carbonyl (C=O) groups is 1. The van der Waals surface area contributed by atoms with Crippen molar-refractivity contribution in [2.75, 3.05) is 13.7 Å². The van der Waals surface area contributed by atoms with Crippen molar-refractivity contribution in [1.82, 2.24) is 4.90 Å². The third-order valence-corrected chi connectivity index (χ3v) is 3.62. The molecule has 0 aromatic carbocycles. The summed E-state index contributed by atoms with van der Waals surface area (Å²) in [6, 6.07) is 1.82. The molecule has 5 heteroatoms. The molecule has 0 radical (unpaired) electrons. The Morgan fingerprint density at radius 2 is 2.38 bits per heavy atom. The van der Waals surface area contributed by atoms with E-state index in [1.165, 1.54) is 6.26 Å². The molecule has 1 aromatic rings. The van der Waals surface area contributed by atoms with Crippen LogP contribution in [0.3, 0.4) is 0 Å². The van der Waals surface area contributed by atoms with Gasteiger partial charge in [-0.3, -0.25) is 4.79 Å². The van der Waals surface area contributed by atoms with E-state index in [4.69, 9.17) is 9.15 Å². The Morgan fingerprint density at radius 3 is 2.88 bits per heavy atom. The third-order valence-electron chi connectivity index (χ3n) is 3.00. The van der Waals surface area contributed by atoms with Gasteiger partial charge < -0.3 is 14.1 Å². The normalized spacial score (nSPS) is 24.7. The fourth-order valence-electron chi connectivity index (χ4n) is 2.02. The molecule has 1 aliphatic heterocycles. The maximum absolute atomic E-state index is 12.1. The Hall–Kier alpha value is -0.810. The van der Waals surface area contributed by atoms with E-state index in [1.807, 2.05) is 6.92 Å². The van der Waals surface area contributed by atoms with E-state index in [0.717, 1.165) is 13.0 Å². The predicted octanol–water partition coefficient (Wildman–Crippen LogP) is 2.29. The molecule has 2 atom stereocenters. The molecule has 2 unspecified atom stereocenters. The van der Waals surface area contributed by atoms with Crippen molar-refractivity contribution in [2.24, 2.45) is 0 Å². The van der Waals surface area contributed by atoms with Crippen molar-refractivity contribution in [3.63, 3.8) is 0 Å². The average Bonchev–Trinajstić information content (AvgIpc) is 2.85. The fraction of sp³-hybridized carbons (Fsp3) is 0.545. The molecular formula is C11H14BrNO3. The second kappa shape index (κ2) is 4.59. The van der Waals surface area contributed by atoms with Gasteiger partial charge in [0.15, 0.2) is 4.67 Å². The summed E-state index contributed by atoms with van der Waals surface area (Å²) in [6.07, 6.45) is 2.48. The van der Waals surface area contributed by atoms with Crippen LogP contribution in [-0.2, 0) is 4.74 Å². The van der Waals surface area contributed by atoms with Crippen molar-refractivity contribution in [2.45, 2.75) is 25.5 Å². The van der Waals surface area contributed by atoms with Crippen molar-refractivity contribution in [3.05, 3.63) is 22.6 Å². The van der Waals surface area contributed by atoms with Crippen LogP contribution in [0.25, 0.3) is 0 Å². The molecule has 16 heavy (non-hydrogen) atoms. The number of amides is 1. The summed E-state index contributed by atoms with van der Waals surface area (Å²) in [7, 11) is 1.80. The van der Waals surface area contributed by atoms with Gasteiger partial charge in [0.05, 0.1) is 24.0 Å². The lowest BCUT2D eigenvalue weighted by atomic mass is 10.1. The maximum atomic E-state index is 12.1. The summed E-state index contributed by atoms with van der Waals surface area (Å²) in [6.45, 7) is 2.71. The molecule has 0 bridgehead atoms. The summed E-state index contributed by atoms with van der Waals surface area (Å²) in [5, 5.41) is 0. The molecule has 1 fully saturated rings. The highest BCUT2D eigenvalue weighted by Gasteiger charge is 2.32. The van der Waals surface area contributed by atoms with Gasteiger partial charge in [-0.05, 0) is 35.3 Å². The largest absolute Gasteiger partial charge is 0.457 e. The second-order valence-corrected chi connectivity index (χ2v) is 4.68. The van der Waals surface area contributed by atoms with Gasteiger partial charge in [-0.15, -0.1) is 0 Å². The van der Waals surface area contributed by atoms with Gasteiger partial charge in [-0.2, -0.15) is 0 Å². The predicted molar refractivity (Wildman–Crippen MR) is 62.3 cm³/mol. The van der Waals surface area contributed by atoms with Crippen LogP contribution in [0.5, 0.6) is 0 Å². The summed E-state index contributed by atoms with van der Waals surface area (Å²) in [5.41, 5.74) is 0.557. The minimum atomic E-state index is -0.0389. The Labute approximate surface area is 103 Å². The van der Waals surface area contributed by atoms with E-state index >= 15 is 0 Å². The van der Waals surface area contributed by atoms with Crippen LogP contribution in [-0.4, -0.2) is 36.6 Å². The molecule has 1 saturated heterocycles. The summed E-state index contributed by atoms with van der Waals surface area (Å²) < 4.78 is 11.0. The van der Waals surface area contributed by atoms with Gasteiger partial charge in [0.2, 0.25) is 0 Å². The average molecular weight is 288 g/mol. The van der Waals surface area contributed by atoms with Crippen LogP contribution in [0.15, 0.2) is 21.4 Å². The van der Waals surface area contributed by atoms with E-state index in [9.17, 15) is 4.79 Å². The second-order valence-electron chi connectivity index (χ2n) is 3.96.